The van der Waals surface area contributed by atoms with Crippen molar-refractivity contribution < 1.29 is 14.7 Å². The van der Waals surface area contributed by atoms with Gasteiger partial charge in [0.05, 0.1) is 0 Å². The largest absolute Gasteiger partial charge is 0.477 e. The summed E-state index contributed by atoms with van der Waals surface area (Å²) in [5, 5.41) is 12.7. The Morgan fingerprint density at radius 3 is 2.44 bits per heavy atom. The molecule has 1 aromatic rings. The van der Waals surface area contributed by atoms with E-state index in [2.05, 4.69) is 10.5 Å². The van der Waals surface area contributed by atoms with E-state index < -0.39 is 11.9 Å². The first-order valence-corrected chi connectivity index (χ1v) is 5.72. The van der Waals surface area contributed by atoms with Crippen LogP contribution in [0.5, 0.6) is 0 Å². The number of benzene rings is 1. The third kappa shape index (κ3) is 3.69. The molecule has 1 atom stereocenters. The number of carboxylic acid groups (broad SMARTS) is 1. The van der Waals surface area contributed by atoms with Gasteiger partial charge in [-0.3, -0.25) is 4.79 Å². The highest BCUT2D eigenvalue weighted by Gasteiger charge is 2.17. The monoisotopic (exact) mass is 248 g/mol. The zero-order chi connectivity index (χ0) is 13.5. The number of aliphatic carboxylic acids is 1. The standard InChI is InChI=1S/C13H16N2O3/c1-3-9(2)11(13(17)18)14-15-12(16)10-7-5-4-6-8-10/h4-9H,3H2,1-2H3,(H,15,16)(H,17,18). The molecule has 0 bridgehead atoms. The summed E-state index contributed by atoms with van der Waals surface area (Å²) in [4.78, 5) is 22.6. The van der Waals surface area contributed by atoms with Crippen molar-refractivity contribution in [2.75, 3.05) is 0 Å². The molecule has 0 spiro atoms. The Labute approximate surface area is 106 Å². The fourth-order valence-electron chi connectivity index (χ4n) is 1.33. The van der Waals surface area contributed by atoms with Crippen LogP contribution in [0.25, 0.3) is 0 Å². The van der Waals surface area contributed by atoms with Crippen LogP contribution in [0, 0.1) is 5.92 Å². The van der Waals surface area contributed by atoms with Gasteiger partial charge in [0, 0.05) is 11.5 Å². The van der Waals surface area contributed by atoms with E-state index in [1.54, 1.807) is 37.3 Å². The molecule has 0 saturated carbocycles. The number of hydrogen-bond donors (Lipinski definition) is 2. The maximum Gasteiger partial charge on any atom is 0.352 e. The van der Waals surface area contributed by atoms with Gasteiger partial charge < -0.3 is 5.11 Å². The lowest BCUT2D eigenvalue weighted by molar-refractivity contribution is -0.129. The Balaban J connectivity index is 2.78. The summed E-state index contributed by atoms with van der Waals surface area (Å²) < 4.78 is 0. The molecule has 18 heavy (non-hydrogen) atoms. The van der Waals surface area contributed by atoms with Crippen molar-refractivity contribution in [1.29, 1.82) is 0 Å². The molecule has 96 valence electrons. The summed E-state index contributed by atoms with van der Waals surface area (Å²) in [6.07, 6.45) is 0.645. The average molecular weight is 248 g/mol. The Hall–Kier alpha value is -2.17. The van der Waals surface area contributed by atoms with Gasteiger partial charge in [0.1, 0.15) is 5.71 Å². The van der Waals surface area contributed by atoms with Crippen LogP contribution >= 0.6 is 0 Å². The second-order valence-electron chi connectivity index (χ2n) is 3.92. The summed E-state index contributed by atoms with van der Waals surface area (Å²) >= 11 is 0. The molecule has 0 aliphatic rings. The first-order valence-electron chi connectivity index (χ1n) is 5.72. The van der Waals surface area contributed by atoms with Crippen LogP contribution in [0.15, 0.2) is 35.4 Å². The Bertz CT molecular complexity index is 455. The molecule has 0 aliphatic heterocycles. The van der Waals surface area contributed by atoms with Crippen LogP contribution in [-0.4, -0.2) is 22.7 Å². The van der Waals surface area contributed by atoms with E-state index in [1.165, 1.54) is 0 Å². The number of nitrogens with zero attached hydrogens (tertiary/aromatic N) is 1. The smallest absolute Gasteiger partial charge is 0.352 e. The van der Waals surface area contributed by atoms with Crippen molar-refractivity contribution in [3.8, 4) is 0 Å². The molecule has 0 fully saturated rings. The van der Waals surface area contributed by atoms with E-state index in [0.717, 1.165) is 0 Å². The van der Waals surface area contributed by atoms with Crippen LogP contribution in [0.4, 0.5) is 0 Å². The highest BCUT2D eigenvalue weighted by Crippen LogP contribution is 2.04. The van der Waals surface area contributed by atoms with E-state index >= 15 is 0 Å². The Kier molecular flexibility index (Phi) is 5.05. The predicted molar refractivity (Wildman–Crippen MR) is 68.4 cm³/mol. The van der Waals surface area contributed by atoms with Crippen molar-refractivity contribution in [1.82, 2.24) is 5.43 Å². The average Bonchev–Trinajstić information content (AvgIpc) is 2.39. The van der Waals surface area contributed by atoms with Crippen molar-refractivity contribution >= 4 is 17.6 Å². The molecular weight excluding hydrogens is 232 g/mol. The van der Waals surface area contributed by atoms with Crippen molar-refractivity contribution in [3.63, 3.8) is 0 Å². The molecular formula is C13H16N2O3. The fraction of sp³-hybridized carbons (Fsp3) is 0.308. The maximum absolute atomic E-state index is 11.7. The maximum atomic E-state index is 11.7. The predicted octanol–water partition coefficient (Wildman–Crippen LogP) is 1.90. The van der Waals surface area contributed by atoms with Gasteiger partial charge in [0.15, 0.2) is 0 Å². The zero-order valence-corrected chi connectivity index (χ0v) is 10.4. The topological polar surface area (TPSA) is 78.8 Å². The lowest BCUT2D eigenvalue weighted by Crippen LogP contribution is -2.27. The van der Waals surface area contributed by atoms with Crippen LogP contribution < -0.4 is 5.43 Å². The number of nitrogens with one attached hydrogen (secondary N) is 1. The van der Waals surface area contributed by atoms with Gasteiger partial charge >= 0.3 is 5.97 Å². The normalized spacial score (nSPS) is 12.9. The number of rotatable bonds is 5. The van der Waals surface area contributed by atoms with Crippen molar-refractivity contribution in [2.45, 2.75) is 20.3 Å². The summed E-state index contributed by atoms with van der Waals surface area (Å²) in [5.74, 6) is -1.74. The van der Waals surface area contributed by atoms with Gasteiger partial charge in [-0.25, -0.2) is 10.2 Å². The second-order valence-corrected chi connectivity index (χ2v) is 3.92. The van der Waals surface area contributed by atoms with E-state index in [0.29, 0.717) is 12.0 Å². The van der Waals surface area contributed by atoms with Gasteiger partial charge in [0.2, 0.25) is 0 Å². The molecule has 0 heterocycles. The van der Waals surface area contributed by atoms with Gasteiger partial charge in [0.25, 0.3) is 5.91 Å². The molecule has 5 heteroatoms. The van der Waals surface area contributed by atoms with E-state index in [1.807, 2.05) is 6.92 Å². The minimum atomic E-state index is -1.11. The lowest BCUT2D eigenvalue weighted by atomic mass is 10.0. The number of hydrazone groups is 1. The van der Waals surface area contributed by atoms with Gasteiger partial charge in [-0.2, -0.15) is 5.10 Å². The highest BCUT2D eigenvalue weighted by atomic mass is 16.4. The Morgan fingerprint density at radius 2 is 1.94 bits per heavy atom. The van der Waals surface area contributed by atoms with Gasteiger partial charge in [-0.1, -0.05) is 32.0 Å². The molecule has 1 unspecified atom stereocenters. The molecule has 0 aromatic heterocycles. The number of carbonyl (C=O) groups is 2. The molecule has 5 nitrogen and oxygen atoms in total. The molecule has 1 rings (SSSR count). The molecule has 2 N–H and O–H groups in total. The molecule has 1 amide bonds. The second kappa shape index (κ2) is 6.54. The van der Waals surface area contributed by atoms with Crippen molar-refractivity contribution in [2.24, 2.45) is 11.0 Å². The fourth-order valence-corrected chi connectivity index (χ4v) is 1.33. The van der Waals surface area contributed by atoms with Crippen molar-refractivity contribution in [3.05, 3.63) is 35.9 Å². The lowest BCUT2D eigenvalue weighted by Gasteiger charge is -2.08. The first kappa shape index (κ1) is 13.9. The molecule has 1 aromatic carbocycles. The molecule has 0 aliphatic carbocycles. The van der Waals surface area contributed by atoms with Crippen LogP contribution in [0.3, 0.4) is 0 Å². The highest BCUT2D eigenvalue weighted by molar-refractivity contribution is 6.36. The van der Waals surface area contributed by atoms with Crippen LogP contribution in [0.1, 0.15) is 30.6 Å². The molecule has 0 radical (unpaired) electrons. The minimum Gasteiger partial charge on any atom is -0.477 e. The number of hydrogen-bond acceptors (Lipinski definition) is 3. The third-order valence-corrected chi connectivity index (χ3v) is 2.61. The Morgan fingerprint density at radius 1 is 1.33 bits per heavy atom. The van der Waals surface area contributed by atoms with E-state index in [-0.39, 0.29) is 11.6 Å². The summed E-state index contributed by atoms with van der Waals surface area (Å²) in [6, 6.07) is 8.52. The SMILES string of the molecule is CCC(C)C(=NNC(=O)c1ccccc1)C(=O)O. The molecule has 0 saturated heterocycles. The minimum absolute atomic E-state index is 0.0400. The summed E-state index contributed by atoms with van der Waals surface area (Å²) in [6.45, 7) is 3.61. The van der Waals surface area contributed by atoms with Crippen LogP contribution in [0.2, 0.25) is 0 Å². The zero-order valence-electron chi connectivity index (χ0n) is 10.4. The first-order chi connectivity index (χ1) is 8.56. The number of amides is 1. The van der Waals surface area contributed by atoms with Crippen LogP contribution in [-0.2, 0) is 4.79 Å². The van der Waals surface area contributed by atoms with Gasteiger partial charge in [-0.15, -0.1) is 0 Å². The van der Waals surface area contributed by atoms with E-state index in [4.69, 9.17) is 5.11 Å². The number of carboxylic acids is 1. The summed E-state index contributed by atoms with van der Waals surface area (Å²) in [5.41, 5.74) is 2.66. The summed E-state index contributed by atoms with van der Waals surface area (Å²) in [7, 11) is 0. The third-order valence-electron chi connectivity index (χ3n) is 2.61. The van der Waals surface area contributed by atoms with E-state index in [9.17, 15) is 9.59 Å². The van der Waals surface area contributed by atoms with Gasteiger partial charge in [-0.05, 0) is 18.6 Å². The number of carbonyl (C=O) groups excluding carboxylic acids is 1. The quantitative estimate of drug-likeness (QED) is 0.617.